The highest BCUT2D eigenvalue weighted by Crippen LogP contribution is 2.22. The van der Waals surface area contributed by atoms with Crippen LogP contribution in [0.2, 0.25) is 0 Å². The van der Waals surface area contributed by atoms with Crippen LogP contribution in [-0.2, 0) is 9.84 Å². The molecule has 1 aromatic carbocycles. The zero-order valence-corrected chi connectivity index (χ0v) is 10.2. The van der Waals surface area contributed by atoms with Crippen LogP contribution in [0.15, 0.2) is 23.1 Å². The van der Waals surface area contributed by atoms with Crippen LogP contribution in [0.1, 0.15) is 24.2 Å². The van der Waals surface area contributed by atoms with E-state index in [1.165, 1.54) is 18.2 Å². The fraction of sp³-hybridized carbons (Fsp3) is 0.364. The molecule has 0 saturated carbocycles. The fourth-order valence-corrected chi connectivity index (χ4v) is 1.87. The van der Waals surface area contributed by atoms with Gasteiger partial charge in [0.05, 0.1) is 16.6 Å². The molecule has 0 amide bonds. The Balaban J connectivity index is 3.22. The van der Waals surface area contributed by atoms with Gasteiger partial charge in [0, 0.05) is 6.26 Å². The van der Waals surface area contributed by atoms with Crippen molar-refractivity contribution in [2.75, 3.05) is 6.26 Å². The Bertz CT molecular complexity index is 489. The Morgan fingerprint density at radius 1 is 1.31 bits per heavy atom. The maximum absolute atomic E-state index is 11.3. The molecule has 0 aliphatic rings. The first-order valence-corrected chi connectivity index (χ1v) is 6.69. The van der Waals surface area contributed by atoms with Crippen LogP contribution in [-0.4, -0.2) is 27.1 Å². The summed E-state index contributed by atoms with van der Waals surface area (Å²) in [5.41, 5.74) is 0.247. The zero-order valence-electron chi connectivity index (χ0n) is 9.43. The van der Waals surface area contributed by atoms with Crippen LogP contribution >= 0.6 is 0 Å². The smallest absolute Gasteiger partial charge is 0.175 e. The first-order valence-electron chi connectivity index (χ1n) is 4.80. The van der Waals surface area contributed by atoms with E-state index in [0.29, 0.717) is 12.0 Å². The van der Waals surface area contributed by atoms with E-state index in [1.54, 1.807) is 0 Å². The highest BCUT2D eigenvalue weighted by atomic mass is 32.2. The molecule has 0 spiro atoms. The zero-order chi connectivity index (χ0) is 12.3. The summed E-state index contributed by atoms with van der Waals surface area (Å²) in [7, 11) is -3.30. The predicted octanol–water partition coefficient (Wildman–Crippen LogP) is 1.69. The first kappa shape index (κ1) is 12.7. The lowest BCUT2D eigenvalue weighted by atomic mass is 10.2. The first-order chi connectivity index (χ1) is 7.34. The van der Waals surface area contributed by atoms with Gasteiger partial charge in [0.1, 0.15) is 5.75 Å². The second-order valence-corrected chi connectivity index (χ2v) is 5.77. The minimum atomic E-state index is -3.30. The van der Waals surface area contributed by atoms with Gasteiger partial charge in [-0.05, 0) is 32.0 Å². The molecule has 4 nitrogen and oxygen atoms in total. The molecule has 0 heterocycles. The molecular weight excluding hydrogens is 228 g/mol. The van der Waals surface area contributed by atoms with Gasteiger partial charge in [-0.3, -0.25) is 4.79 Å². The maximum Gasteiger partial charge on any atom is 0.175 e. The summed E-state index contributed by atoms with van der Waals surface area (Å²) in [6.45, 7) is 3.66. The summed E-state index contributed by atoms with van der Waals surface area (Å²) >= 11 is 0. The quantitative estimate of drug-likeness (QED) is 0.754. The predicted molar refractivity (Wildman–Crippen MR) is 60.7 cm³/mol. The highest BCUT2D eigenvalue weighted by molar-refractivity contribution is 7.90. The molecule has 0 atom stereocenters. The largest absolute Gasteiger partial charge is 0.490 e. The third-order valence-corrected chi connectivity index (χ3v) is 3.01. The lowest BCUT2D eigenvalue weighted by Gasteiger charge is -2.12. The van der Waals surface area contributed by atoms with Gasteiger partial charge in [0.2, 0.25) is 0 Å². The number of carbonyl (C=O) groups is 1. The fourth-order valence-electron chi connectivity index (χ4n) is 1.21. The lowest BCUT2D eigenvalue weighted by Crippen LogP contribution is -2.08. The van der Waals surface area contributed by atoms with Crippen molar-refractivity contribution in [2.45, 2.75) is 24.8 Å². The average molecular weight is 242 g/mol. The van der Waals surface area contributed by atoms with E-state index in [-0.39, 0.29) is 16.6 Å². The molecule has 1 aromatic rings. The van der Waals surface area contributed by atoms with E-state index in [9.17, 15) is 13.2 Å². The van der Waals surface area contributed by atoms with Crippen molar-refractivity contribution < 1.29 is 17.9 Å². The molecule has 0 aromatic heterocycles. The standard InChI is InChI=1S/C11H14O4S/c1-8(2)15-11-5-4-10(16(3,13)14)6-9(11)7-12/h4-8H,1-3H3. The van der Waals surface area contributed by atoms with Crippen LogP contribution in [0.25, 0.3) is 0 Å². The maximum atomic E-state index is 11.3. The van der Waals surface area contributed by atoms with E-state index in [0.717, 1.165) is 6.26 Å². The molecule has 1 rings (SSSR count). The molecule has 0 bridgehead atoms. The summed E-state index contributed by atoms with van der Waals surface area (Å²) in [4.78, 5) is 10.9. The molecule has 0 N–H and O–H groups in total. The van der Waals surface area contributed by atoms with E-state index in [1.807, 2.05) is 13.8 Å². The number of rotatable bonds is 4. The number of hydrogen-bond acceptors (Lipinski definition) is 4. The topological polar surface area (TPSA) is 60.4 Å². The van der Waals surface area contributed by atoms with Gasteiger partial charge in [0.25, 0.3) is 0 Å². The second kappa shape index (κ2) is 4.65. The molecule has 0 aliphatic carbocycles. The molecule has 5 heteroatoms. The van der Waals surface area contributed by atoms with Gasteiger partial charge >= 0.3 is 0 Å². The third-order valence-electron chi connectivity index (χ3n) is 1.90. The Morgan fingerprint density at radius 2 is 1.94 bits per heavy atom. The van der Waals surface area contributed by atoms with Gasteiger partial charge < -0.3 is 4.74 Å². The highest BCUT2D eigenvalue weighted by Gasteiger charge is 2.12. The van der Waals surface area contributed by atoms with Crippen molar-refractivity contribution in [3.05, 3.63) is 23.8 Å². The van der Waals surface area contributed by atoms with E-state index < -0.39 is 9.84 Å². The van der Waals surface area contributed by atoms with Crippen LogP contribution in [0, 0.1) is 0 Å². The van der Waals surface area contributed by atoms with Gasteiger partial charge in [-0.15, -0.1) is 0 Å². The van der Waals surface area contributed by atoms with Crippen molar-refractivity contribution in [2.24, 2.45) is 0 Å². The van der Waals surface area contributed by atoms with Crippen LogP contribution in [0.3, 0.4) is 0 Å². The Kier molecular flexibility index (Phi) is 3.70. The molecule has 0 unspecified atom stereocenters. The monoisotopic (exact) mass is 242 g/mol. The molecule has 0 radical (unpaired) electrons. The SMILES string of the molecule is CC(C)Oc1ccc(S(C)(=O)=O)cc1C=O. The minimum Gasteiger partial charge on any atom is -0.490 e. The van der Waals surface area contributed by atoms with Crippen molar-refractivity contribution in [1.29, 1.82) is 0 Å². The third kappa shape index (κ3) is 3.06. The van der Waals surface area contributed by atoms with Crippen molar-refractivity contribution in [1.82, 2.24) is 0 Å². The summed E-state index contributed by atoms with van der Waals surface area (Å²) in [6, 6.07) is 4.25. The molecule has 0 fully saturated rings. The number of sulfone groups is 1. The summed E-state index contributed by atoms with van der Waals surface area (Å²) in [5, 5.41) is 0. The molecular formula is C11H14O4S. The number of ether oxygens (including phenoxy) is 1. The van der Waals surface area contributed by atoms with E-state index >= 15 is 0 Å². The van der Waals surface area contributed by atoms with Gasteiger partial charge in [-0.2, -0.15) is 0 Å². The molecule has 0 aliphatic heterocycles. The van der Waals surface area contributed by atoms with Gasteiger partial charge in [0.15, 0.2) is 16.1 Å². The van der Waals surface area contributed by atoms with Crippen molar-refractivity contribution in [3.8, 4) is 5.75 Å². The molecule has 88 valence electrons. The molecule has 16 heavy (non-hydrogen) atoms. The second-order valence-electron chi connectivity index (χ2n) is 3.76. The van der Waals surface area contributed by atoms with Crippen molar-refractivity contribution in [3.63, 3.8) is 0 Å². The number of benzene rings is 1. The Labute approximate surface area is 95.2 Å². The van der Waals surface area contributed by atoms with Gasteiger partial charge in [-0.1, -0.05) is 0 Å². The summed E-state index contributed by atoms with van der Waals surface area (Å²) < 4.78 is 27.9. The summed E-state index contributed by atoms with van der Waals surface area (Å²) in [6.07, 6.45) is 1.62. The number of aldehydes is 1. The van der Waals surface area contributed by atoms with Gasteiger partial charge in [-0.25, -0.2) is 8.42 Å². The Morgan fingerprint density at radius 3 is 2.38 bits per heavy atom. The van der Waals surface area contributed by atoms with Crippen LogP contribution < -0.4 is 4.74 Å². The van der Waals surface area contributed by atoms with Crippen molar-refractivity contribution >= 4 is 16.1 Å². The molecule has 0 saturated heterocycles. The summed E-state index contributed by atoms with van der Waals surface area (Å²) in [5.74, 6) is 0.400. The van der Waals surface area contributed by atoms with Crippen LogP contribution in [0.4, 0.5) is 0 Å². The minimum absolute atomic E-state index is 0.0669. The average Bonchev–Trinajstić information content (AvgIpc) is 2.15. The lowest BCUT2D eigenvalue weighted by molar-refractivity contribution is 0.111. The van der Waals surface area contributed by atoms with E-state index in [2.05, 4.69) is 0 Å². The number of carbonyl (C=O) groups excluding carboxylic acids is 1. The number of hydrogen-bond donors (Lipinski definition) is 0. The Hall–Kier alpha value is -1.36. The van der Waals surface area contributed by atoms with Crippen LogP contribution in [0.5, 0.6) is 5.75 Å². The normalized spacial score (nSPS) is 11.5. The van der Waals surface area contributed by atoms with E-state index in [4.69, 9.17) is 4.74 Å².